The molecule has 3 rings (SSSR count). The fourth-order valence-corrected chi connectivity index (χ4v) is 2.86. The molecule has 0 atom stereocenters. The van der Waals surface area contributed by atoms with Crippen molar-refractivity contribution >= 4 is 11.6 Å². The van der Waals surface area contributed by atoms with Crippen LogP contribution in [0.1, 0.15) is 21.9 Å². The summed E-state index contributed by atoms with van der Waals surface area (Å²) in [4.78, 5) is 11.9. The predicted molar refractivity (Wildman–Crippen MR) is 96.1 cm³/mol. The van der Waals surface area contributed by atoms with Gasteiger partial charge in [0.2, 0.25) is 0 Å². The van der Waals surface area contributed by atoms with Gasteiger partial charge in [0, 0.05) is 7.11 Å². The fourth-order valence-electron chi connectivity index (χ4n) is 2.86. The third kappa shape index (κ3) is 3.17. The van der Waals surface area contributed by atoms with Crippen LogP contribution < -0.4 is 9.47 Å². The molecular formula is C18H20N4O5. The lowest BCUT2D eigenvalue weighted by atomic mass is 10.1. The summed E-state index contributed by atoms with van der Waals surface area (Å²) >= 11 is 0. The largest absolute Gasteiger partial charge is 0.493 e. The number of ether oxygens (including phenoxy) is 4. The van der Waals surface area contributed by atoms with E-state index in [4.69, 9.17) is 18.9 Å². The van der Waals surface area contributed by atoms with E-state index in [-0.39, 0.29) is 12.3 Å². The smallest absolute Gasteiger partial charge is 0.360 e. The van der Waals surface area contributed by atoms with Crippen molar-refractivity contribution in [1.29, 1.82) is 0 Å². The van der Waals surface area contributed by atoms with E-state index in [2.05, 4.69) is 15.3 Å². The molecule has 142 valence electrons. The van der Waals surface area contributed by atoms with E-state index < -0.39 is 5.97 Å². The van der Waals surface area contributed by atoms with Crippen LogP contribution in [0.25, 0.3) is 16.8 Å². The molecule has 0 radical (unpaired) electrons. The van der Waals surface area contributed by atoms with Crippen LogP contribution in [0.4, 0.5) is 0 Å². The Kier molecular flexibility index (Phi) is 5.22. The van der Waals surface area contributed by atoms with E-state index >= 15 is 0 Å². The van der Waals surface area contributed by atoms with Crippen LogP contribution in [0, 0.1) is 6.92 Å². The minimum atomic E-state index is -0.571. The summed E-state index contributed by atoms with van der Waals surface area (Å²) in [5, 5.41) is 12.8. The van der Waals surface area contributed by atoms with E-state index in [1.807, 2.05) is 12.1 Å². The first-order valence-electron chi connectivity index (χ1n) is 8.10. The molecule has 0 N–H and O–H groups in total. The van der Waals surface area contributed by atoms with E-state index in [1.54, 1.807) is 38.8 Å². The molecule has 9 nitrogen and oxygen atoms in total. The van der Waals surface area contributed by atoms with Crippen LogP contribution in [0.2, 0.25) is 0 Å². The summed E-state index contributed by atoms with van der Waals surface area (Å²) in [7, 11) is 6.02. The van der Waals surface area contributed by atoms with Crippen LogP contribution in [0.5, 0.6) is 11.5 Å². The molecule has 0 amide bonds. The molecule has 0 bridgehead atoms. The van der Waals surface area contributed by atoms with Crippen LogP contribution in [-0.4, -0.2) is 54.2 Å². The monoisotopic (exact) mass is 372 g/mol. The lowest BCUT2D eigenvalue weighted by Crippen LogP contribution is -2.12. The Morgan fingerprint density at radius 2 is 1.81 bits per heavy atom. The van der Waals surface area contributed by atoms with Gasteiger partial charge in [-0.1, -0.05) is 6.07 Å². The average Bonchev–Trinajstić information content (AvgIpc) is 3.06. The molecule has 27 heavy (non-hydrogen) atoms. The highest BCUT2D eigenvalue weighted by Crippen LogP contribution is 2.35. The molecule has 3 aromatic rings. The SMILES string of the molecule is COCc1nn2c(C)c(C(=O)OC)nnc2c1-c1ccc(OC)c(OC)c1. The molecule has 0 fully saturated rings. The van der Waals surface area contributed by atoms with E-state index in [0.29, 0.717) is 28.5 Å². The van der Waals surface area contributed by atoms with Crippen molar-refractivity contribution < 1.29 is 23.7 Å². The van der Waals surface area contributed by atoms with E-state index in [0.717, 1.165) is 11.1 Å². The van der Waals surface area contributed by atoms with Gasteiger partial charge in [-0.3, -0.25) is 0 Å². The second-order valence-electron chi connectivity index (χ2n) is 5.69. The number of hydrogen-bond acceptors (Lipinski definition) is 8. The molecule has 0 saturated heterocycles. The van der Waals surface area contributed by atoms with Gasteiger partial charge in [-0.25, -0.2) is 9.31 Å². The molecule has 9 heteroatoms. The fraction of sp³-hybridized carbons (Fsp3) is 0.333. The number of carbonyl (C=O) groups is 1. The number of fused-ring (bicyclic) bond motifs is 1. The Bertz CT molecular complexity index is 999. The van der Waals surface area contributed by atoms with Crippen molar-refractivity contribution in [3.05, 3.63) is 35.3 Å². The number of esters is 1. The molecule has 0 aliphatic carbocycles. The molecule has 2 heterocycles. The molecule has 1 aromatic carbocycles. The van der Waals surface area contributed by atoms with Gasteiger partial charge in [-0.2, -0.15) is 5.10 Å². The Hall–Kier alpha value is -3.20. The van der Waals surface area contributed by atoms with Crippen molar-refractivity contribution in [3.8, 4) is 22.6 Å². The minimum absolute atomic E-state index is 0.107. The first-order valence-corrected chi connectivity index (χ1v) is 8.10. The Morgan fingerprint density at radius 3 is 2.44 bits per heavy atom. The van der Waals surface area contributed by atoms with Gasteiger partial charge in [0.25, 0.3) is 0 Å². The normalized spacial score (nSPS) is 10.9. The molecule has 0 saturated carbocycles. The highest BCUT2D eigenvalue weighted by Gasteiger charge is 2.22. The summed E-state index contributed by atoms with van der Waals surface area (Å²) in [6.45, 7) is 2.00. The highest BCUT2D eigenvalue weighted by atomic mass is 16.5. The zero-order chi connectivity index (χ0) is 19.6. The lowest BCUT2D eigenvalue weighted by Gasteiger charge is -2.10. The number of methoxy groups -OCH3 is 4. The Labute approximate surface area is 155 Å². The van der Waals surface area contributed by atoms with Crippen molar-refractivity contribution in [1.82, 2.24) is 19.8 Å². The number of hydrogen-bond donors (Lipinski definition) is 0. The topological polar surface area (TPSA) is 97.1 Å². The first kappa shape index (κ1) is 18.6. The molecule has 0 spiro atoms. The number of nitrogens with zero attached hydrogens (tertiary/aromatic N) is 4. The summed E-state index contributed by atoms with van der Waals surface area (Å²) in [5.74, 6) is 0.619. The van der Waals surface area contributed by atoms with Crippen LogP contribution in [-0.2, 0) is 16.1 Å². The molecule has 0 aliphatic heterocycles. The van der Waals surface area contributed by atoms with Gasteiger partial charge < -0.3 is 18.9 Å². The average molecular weight is 372 g/mol. The van der Waals surface area contributed by atoms with Crippen molar-refractivity contribution in [2.75, 3.05) is 28.4 Å². The van der Waals surface area contributed by atoms with E-state index in [1.165, 1.54) is 7.11 Å². The Balaban J connectivity index is 2.27. The third-order valence-corrected chi connectivity index (χ3v) is 4.17. The standard InChI is InChI=1S/C18H20N4O5/c1-10-16(18(23)27-5)19-20-17-15(12(9-24-2)21-22(10)17)11-6-7-13(25-3)14(8-11)26-4/h6-8H,9H2,1-5H3. The summed E-state index contributed by atoms with van der Waals surface area (Å²) in [5.41, 5.74) is 3.34. The maximum Gasteiger partial charge on any atom is 0.360 e. The van der Waals surface area contributed by atoms with Gasteiger partial charge in [0.15, 0.2) is 22.8 Å². The molecule has 2 aromatic heterocycles. The van der Waals surface area contributed by atoms with Crippen molar-refractivity contribution in [2.24, 2.45) is 0 Å². The van der Waals surface area contributed by atoms with Gasteiger partial charge >= 0.3 is 5.97 Å². The van der Waals surface area contributed by atoms with Crippen LogP contribution >= 0.6 is 0 Å². The number of aryl methyl sites for hydroxylation is 1. The van der Waals surface area contributed by atoms with Crippen LogP contribution in [0.3, 0.4) is 0 Å². The third-order valence-electron chi connectivity index (χ3n) is 4.17. The van der Waals surface area contributed by atoms with Gasteiger partial charge in [0.1, 0.15) is 0 Å². The summed E-state index contributed by atoms with van der Waals surface area (Å²) < 4.78 is 22.3. The molecule has 0 unspecified atom stereocenters. The minimum Gasteiger partial charge on any atom is -0.493 e. The van der Waals surface area contributed by atoms with Crippen LogP contribution in [0.15, 0.2) is 18.2 Å². The zero-order valence-corrected chi connectivity index (χ0v) is 15.8. The van der Waals surface area contributed by atoms with Gasteiger partial charge in [-0.05, 0) is 24.6 Å². The second kappa shape index (κ2) is 7.58. The predicted octanol–water partition coefficient (Wildman–Crippen LogP) is 2.05. The number of rotatable bonds is 6. The highest BCUT2D eigenvalue weighted by molar-refractivity contribution is 5.89. The maximum absolute atomic E-state index is 11.9. The van der Waals surface area contributed by atoms with E-state index in [9.17, 15) is 4.79 Å². The Morgan fingerprint density at radius 1 is 1.07 bits per heavy atom. The quantitative estimate of drug-likeness (QED) is 0.607. The number of carbonyl (C=O) groups excluding carboxylic acids is 1. The summed E-state index contributed by atoms with van der Waals surface area (Å²) in [6.07, 6.45) is 0. The molecular weight excluding hydrogens is 352 g/mol. The van der Waals surface area contributed by atoms with Gasteiger partial charge in [-0.15, -0.1) is 10.2 Å². The van der Waals surface area contributed by atoms with Crippen molar-refractivity contribution in [2.45, 2.75) is 13.5 Å². The first-order chi connectivity index (χ1) is 13.0. The lowest BCUT2D eigenvalue weighted by molar-refractivity contribution is 0.0590. The number of benzene rings is 1. The van der Waals surface area contributed by atoms with Crippen molar-refractivity contribution in [3.63, 3.8) is 0 Å². The second-order valence-corrected chi connectivity index (χ2v) is 5.69. The number of aromatic nitrogens is 4. The van der Waals surface area contributed by atoms with Gasteiger partial charge in [0.05, 0.1) is 44.9 Å². The zero-order valence-electron chi connectivity index (χ0n) is 15.8. The molecule has 0 aliphatic rings. The maximum atomic E-state index is 11.9. The summed E-state index contributed by atoms with van der Waals surface area (Å²) in [6, 6.07) is 5.51.